The van der Waals surface area contributed by atoms with Crippen molar-refractivity contribution in [3.63, 3.8) is 0 Å². The first-order valence-electron chi connectivity index (χ1n) is 20.0. The summed E-state index contributed by atoms with van der Waals surface area (Å²) in [5.74, 6) is 1.10. The number of hydrogen-bond donors (Lipinski definition) is 3. The number of methoxy groups -OCH3 is 1. The van der Waals surface area contributed by atoms with Crippen molar-refractivity contribution in [2.75, 3.05) is 33.9 Å². The molecule has 0 bridgehead atoms. The molecule has 3 amide bonds. The van der Waals surface area contributed by atoms with Crippen molar-refractivity contribution in [1.29, 1.82) is 0 Å². The monoisotopic (exact) mass is 830 g/mol. The topological polar surface area (TPSA) is 169 Å². The Labute approximate surface area is 346 Å². The molecule has 2 aromatic carbocycles. The van der Waals surface area contributed by atoms with Crippen molar-refractivity contribution in [3.8, 4) is 39.5 Å². The van der Waals surface area contributed by atoms with Gasteiger partial charge < -0.3 is 39.1 Å². The van der Waals surface area contributed by atoms with Gasteiger partial charge in [-0.05, 0) is 56.4 Å². The molecule has 2 aliphatic heterocycles. The number of carbonyl (C=O) groups is 3. The average molecular weight is 831 g/mol. The third kappa shape index (κ3) is 8.82. The second-order valence-corrected chi connectivity index (χ2v) is 15.9. The van der Waals surface area contributed by atoms with Gasteiger partial charge in [0.1, 0.15) is 30.0 Å². The molecule has 0 radical (unpaired) electrons. The lowest BCUT2D eigenvalue weighted by molar-refractivity contribution is -0.135. The molecule has 0 aliphatic carbocycles. The highest BCUT2D eigenvalue weighted by Crippen LogP contribution is 2.42. The maximum Gasteiger partial charge on any atom is 0.407 e. The quantitative estimate of drug-likeness (QED) is 0.0904. The standard InChI is InChI=1S/C42H51FN8O7S/c1-7-14-49(41(53)38(24(2)3)48-42(54)55-5)23-35-44-21-30(46-35)27-10-12-28-34(20-27)57-17-16-51-32-13-11-26(19-29(32)37(43)39(28)51)31-22-45-40(47-31)33-9-8-15-50(33)36(52)18-25(4)58-59-56-6/h10-13,19-22,24-25,33,38H,7-9,14-18,23H2,1-6H3,(H,44,46)(H,45,47)(H,48,54)/t25?,33-,38-/m0/s1. The van der Waals surface area contributed by atoms with Crippen LogP contribution in [-0.4, -0.2) is 98.3 Å². The third-order valence-corrected chi connectivity index (χ3v) is 11.4. The van der Waals surface area contributed by atoms with E-state index in [2.05, 4.69) is 25.3 Å². The van der Waals surface area contributed by atoms with Crippen LogP contribution in [0.25, 0.3) is 44.7 Å². The number of carbonyl (C=O) groups excluding carboxylic acids is 3. The van der Waals surface area contributed by atoms with Crippen molar-refractivity contribution in [3.05, 3.63) is 66.3 Å². The van der Waals surface area contributed by atoms with Crippen LogP contribution < -0.4 is 10.1 Å². The minimum atomic E-state index is -0.751. The highest BCUT2D eigenvalue weighted by molar-refractivity contribution is 7.89. The molecule has 2 aliphatic rings. The second kappa shape index (κ2) is 18.3. The van der Waals surface area contributed by atoms with Gasteiger partial charge in [0.25, 0.3) is 0 Å². The number of nitrogens with zero attached hydrogens (tertiary/aromatic N) is 5. The number of aromatic nitrogens is 5. The van der Waals surface area contributed by atoms with E-state index in [1.165, 1.54) is 14.2 Å². The molecule has 3 atom stereocenters. The Morgan fingerprint density at radius 2 is 1.81 bits per heavy atom. The van der Waals surface area contributed by atoms with Crippen LogP contribution in [-0.2, 0) is 35.8 Å². The fourth-order valence-corrected chi connectivity index (χ4v) is 8.22. The average Bonchev–Trinajstić information content (AvgIpc) is 4.04. The molecule has 17 heteroatoms. The molecule has 5 heterocycles. The van der Waals surface area contributed by atoms with Gasteiger partial charge in [0, 0.05) is 35.2 Å². The summed E-state index contributed by atoms with van der Waals surface area (Å²) in [4.78, 5) is 58.3. The normalized spacial score (nSPS) is 16.0. The first kappa shape index (κ1) is 41.8. The Bertz CT molecular complexity index is 2310. The van der Waals surface area contributed by atoms with Gasteiger partial charge in [0.2, 0.25) is 11.8 Å². The summed E-state index contributed by atoms with van der Waals surface area (Å²) in [5.41, 5.74) is 4.86. The van der Waals surface area contributed by atoms with E-state index in [1.54, 1.807) is 17.3 Å². The molecule has 7 rings (SSSR count). The Balaban J connectivity index is 1.10. The van der Waals surface area contributed by atoms with Gasteiger partial charge in [-0.25, -0.2) is 19.2 Å². The lowest BCUT2D eigenvalue weighted by Crippen LogP contribution is -2.51. The molecule has 1 unspecified atom stereocenters. The number of amides is 3. The lowest BCUT2D eigenvalue weighted by atomic mass is 10.0. The van der Waals surface area contributed by atoms with Crippen LogP contribution in [0.4, 0.5) is 9.18 Å². The summed E-state index contributed by atoms with van der Waals surface area (Å²) < 4.78 is 39.9. The van der Waals surface area contributed by atoms with Crippen LogP contribution in [0, 0.1) is 11.7 Å². The largest absolute Gasteiger partial charge is 0.491 e. The zero-order chi connectivity index (χ0) is 41.8. The molecule has 314 valence electrons. The number of nitrogens with one attached hydrogen (secondary N) is 3. The molecule has 59 heavy (non-hydrogen) atoms. The number of aromatic amines is 2. The fourth-order valence-electron chi connectivity index (χ4n) is 7.94. The minimum Gasteiger partial charge on any atom is -0.491 e. The van der Waals surface area contributed by atoms with E-state index in [-0.39, 0.29) is 48.7 Å². The number of alkyl carbamates (subject to hydrolysis) is 1. The van der Waals surface area contributed by atoms with Gasteiger partial charge in [0.05, 0.1) is 80.9 Å². The Hall–Kier alpha value is -5.39. The van der Waals surface area contributed by atoms with E-state index in [4.69, 9.17) is 17.8 Å². The van der Waals surface area contributed by atoms with Gasteiger partial charge in [-0.3, -0.25) is 18.0 Å². The first-order valence-corrected chi connectivity index (χ1v) is 20.6. The third-order valence-electron chi connectivity index (χ3n) is 10.8. The van der Waals surface area contributed by atoms with Gasteiger partial charge in [-0.2, -0.15) is 0 Å². The minimum absolute atomic E-state index is 0.00568. The Morgan fingerprint density at radius 3 is 2.58 bits per heavy atom. The summed E-state index contributed by atoms with van der Waals surface area (Å²) in [6, 6.07) is 10.4. The highest BCUT2D eigenvalue weighted by atomic mass is 32.2. The molecule has 0 spiro atoms. The zero-order valence-corrected chi connectivity index (χ0v) is 35.0. The number of fused-ring (bicyclic) bond motifs is 5. The van der Waals surface area contributed by atoms with Gasteiger partial charge in [0.15, 0.2) is 18.1 Å². The maximum absolute atomic E-state index is 16.7. The van der Waals surface area contributed by atoms with Gasteiger partial charge in [-0.15, -0.1) is 0 Å². The van der Waals surface area contributed by atoms with E-state index in [9.17, 15) is 14.4 Å². The number of halogens is 1. The van der Waals surface area contributed by atoms with Crippen LogP contribution in [0.15, 0.2) is 48.8 Å². The highest BCUT2D eigenvalue weighted by Gasteiger charge is 2.33. The summed E-state index contributed by atoms with van der Waals surface area (Å²) in [6.45, 7) is 9.68. The smallest absolute Gasteiger partial charge is 0.407 e. The molecule has 3 N–H and O–H groups in total. The molecule has 3 aromatic heterocycles. The van der Waals surface area contributed by atoms with E-state index >= 15 is 4.39 Å². The van der Waals surface area contributed by atoms with Crippen LogP contribution in [0.5, 0.6) is 5.75 Å². The molecule has 15 nitrogen and oxygen atoms in total. The van der Waals surface area contributed by atoms with Gasteiger partial charge >= 0.3 is 6.09 Å². The SMILES string of the molecule is CCCN(Cc1ncc(-c2ccc3c(c2)OCCn2c-3c(F)c3cc(-c4cnc([C@@H]5CCCN5C(=O)CC(C)OSOC)[nH]4)ccc32)[nH]1)C(=O)[C@@H](NC(=O)OC)C(C)C. The molecule has 1 fully saturated rings. The number of likely N-dealkylation sites (tertiary alicyclic amines) is 1. The summed E-state index contributed by atoms with van der Waals surface area (Å²) in [6.07, 6.45) is 5.10. The number of ether oxygens (including phenoxy) is 2. The summed E-state index contributed by atoms with van der Waals surface area (Å²) in [5, 5.41) is 3.15. The zero-order valence-electron chi connectivity index (χ0n) is 34.2. The maximum atomic E-state index is 16.7. The number of rotatable bonds is 15. The first-order chi connectivity index (χ1) is 28.5. The van der Waals surface area contributed by atoms with Crippen LogP contribution in [0.2, 0.25) is 0 Å². The van der Waals surface area contributed by atoms with E-state index in [0.717, 1.165) is 53.9 Å². The lowest BCUT2D eigenvalue weighted by Gasteiger charge is -2.28. The predicted octanol–water partition coefficient (Wildman–Crippen LogP) is 7.41. The number of imidazole rings is 2. The Morgan fingerprint density at radius 1 is 1.05 bits per heavy atom. The summed E-state index contributed by atoms with van der Waals surface area (Å²) >= 11 is 0.866. The summed E-state index contributed by atoms with van der Waals surface area (Å²) in [7, 11) is 2.78. The van der Waals surface area contributed by atoms with Crippen molar-refractivity contribution in [2.45, 2.75) is 84.7 Å². The van der Waals surface area contributed by atoms with Crippen molar-refractivity contribution >= 4 is 41.1 Å². The molecular weight excluding hydrogens is 780 g/mol. The van der Waals surface area contributed by atoms with Crippen LogP contribution >= 0.6 is 12.3 Å². The Kier molecular flexibility index (Phi) is 12.9. The van der Waals surface area contributed by atoms with E-state index in [0.29, 0.717) is 66.0 Å². The second-order valence-electron chi connectivity index (χ2n) is 15.2. The number of H-pyrrole nitrogens is 2. The van der Waals surface area contributed by atoms with Crippen LogP contribution in [0.3, 0.4) is 0 Å². The van der Waals surface area contributed by atoms with Crippen molar-refractivity contribution < 1.29 is 36.6 Å². The van der Waals surface area contributed by atoms with E-state index < -0.39 is 12.1 Å². The molecular formula is C42H51FN8O7S. The van der Waals surface area contributed by atoms with Crippen molar-refractivity contribution in [2.24, 2.45) is 5.92 Å². The number of hydrogen-bond acceptors (Lipinski definition) is 10. The van der Waals surface area contributed by atoms with E-state index in [1.807, 2.05) is 73.6 Å². The molecule has 5 aromatic rings. The van der Waals surface area contributed by atoms with Crippen LogP contribution in [0.1, 0.15) is 71.1 Å². The van der Waals surface area contributed by atoms with Gasteiger partial charge in [-0.1, -0.05) is 32.9 Å². The molecule has 1 saturated heterocycles. The van der Waals surface area contributed by atoms with Crippen molar-refractivity contribution in [1.82, 2.24) is 39.6 Å². The molecule has 0 saturated carbocycles. The number of benzene rings is 2. The fraction of sp³-hybridized carbons (Fsp3) is 0.452. The predicted molar refractivity (Wildman–Crippen MR) is 221 cm³/mol.